The fourth-order valence-electron chi connectivity index (χ4n) is 3.18. The second-order valence-corrected chi connectivity index (χ2v) is 10.3. The first-order valence-corrected chi connectivity index (χ1v) is 12.9. The molecule has 4 aromatic rings. The smallest absolute Gasteiger partial charge is 0.254 e. The Morgan fingerprint density at radius 2 is 1.82 bits per heavy atom. The van der Waals surface area contributed by atoms with E-state index in [-0.39, 0.29) is 11.7 Å². The van der Waals surface area contributed by atoms with E-state index in [0.29, 0.717) is 27.8 Å². The Kier molecular flexibility index (Phi) is 7.21. The maximum Gasteiger partial charge on any atom is 0.254 e. The van der Waals surface area contributed by atoms with Gasteiger partial charge in [-0.05, 0) is 48.0 Å². The molecule has 0 unspecified atom stereocenters. The van der Waals surface area contributed by atoms with Crippen molar-refractivity contribution in [2.24, 2.45) is 0 Å². The van der Waals surface area contributed by atoms with E-state index < -0.39 is 9.84 Å². The molecule has 2 aromatic heterocycles. The molecule has 7 nitrogen and oxygen atoms in total. The maximum atomic E-state index is 12.8. The highest BCUT2D eigenvalue weighted by molar-refractivity contribution is 8.00. The van der Waals surface area contributed by atoms with Gasteiger partial charge in [0.15, 0.2) is 9.84 Å². The van der Waals surface area contributed by atoms with Crippen LogP contribution in [0.1, 0.15) is 15.9 Å². The second-order valence-electron chi connectivity index (χ2n) is 7.14. The number of carbonyl (C=O) groups excluding carboxylic acids is 1. The topological polar surface area (TPSA) is 93.9 Å². The van der Waals surface area contributed by atoms with Gasteiger partial charge in [-0.3, -0.25) is 4.79 Å². The molecule has 168 valence electrons. The predicted octanol–water partition coefficient (Wildman–Crippen LogP) is 3.76. The number of nitrogens with one attached hydrogen (secondary N) is 1. The molecule has 2 heterocycles. The third kappa shape index (κ3) is 5.88. The molecule has 1 N–H and O–H groups in total. The van der Waals surface area contributed by atoms with Gasteiger partial charge in [0, 0.05) is 30.9 Å². The first kappa shape index (κ1) is 22.8. The maximum absolute atomic E-state index is 12.8. The average Bonchev–Trinajstić information content (AvgIpc) is 3.39. The third-order valence-corrected chi connectivity index (χ3v) is 7.84. The lowest BCUT2D eigenvalue weighted by Gasteiger charge is -2.10. The van der Waals surface area contributed by atoms with E-state index in [1.807, 2.05) is 36.5 Å². The average molecular weight is 479 g/mol. The number of nitrogens with zero attached hydrogens (tertiary/aromatic N) is 3. The number of amides is 1. The Morgan fingerprint density at radius 1 is 0.970 bits per heavy atom. The molecule has 0 radical (unpaired) electrons. The van der Waals surface area contributed by atoms with Crippen LogP contribution in [0.3, 0.4) is 0 Å². The van der Waals surface area contributed by atoms with Crippen LogP contribution >= 0.6 is 11.8 Å². The lowest BCUT2D eigenvalue weighted by molar-refractivity contribution is 0.0947. The number of aromatic nitrogens is 3. The molecule has 0 aliphatic carbocycles. The molecule has 33 heavy (non-hydrogen) atoms. The van der Waals surface area contributed by atoms with Crippen molar-refractivity contribution in [3.63, 3.8) is 0 Å². The molecule has 0 atom stereocenters. The van der Waals surface area contributed by atoms with Gasteiger partial charge >= 0.3 is 0 Å². The van der Waals surface area contributed by atoms with Crippen LogP contribution in [0.2, 0.25) is 0 Å². The summed E-state index contributed by atoms with van der Waals surface area (Å²) in [4.78, 5) is 17.4. The molecule has 9 heteroatoms. The number of pyridine rings is 1. The third-order valence-electron chi connectivity index (χ3n) is 4.84. The number of sulfone groups is 1. The fourth-order valence-corrected chi connectivity index (χ4v) is 5.84. The zero-order valence-corrected chi connectivity index (χ0v) is 19.3. The lowest BCUT2D eigenvalue weighted by atomic mass is 10.2. The van der Waals surface area contributed by atoms with Crippen molar-refractivity contribution in [2.75, 3.05) is 11.5 Å². The van der Waals surface area contributed by atoms with E-state index >= 15 is 0 Å². The molecular weight excluding hydrogens is 456 g/mol. The van der Waals surface area contributed by atoms with Crippen molar-refractivity contribution in [3.8, 4) is 5.69 Å². The van der Waals surface area contributed by atoms with Crippen LogP contribution in [0, 0.1) is 0 Å². The Balaban J connectivity index is 1.38. The Hall–Kier alpha value is -3.43. The van der Waals surface area contributed by atoms with Crippen LogP contribution < -0.4 is 5.32 Å². The van der Waals surface area contributed by atoms with E-state index in [1.54, 1.807) is 59.5 Å². The first-order chi connectivity index (χ1) is 16.0. The summed E-state index contributed by atoms with van der Waals surface area (Å²) in [5, 5.41) is 7.65. The van der Waals surface area contributed by atoms with Crippen LogP contribution in [0.5, 0.6) is 0 Å². The van der Waals surface area contributed by atoms with Gasteiger partial charge in [0.05, 0.1) is 21.9 Å². The number of thioether (sulfide) groups is 1. The largest absolute Gasteiger partial charge is 0.348 e. The van der Waals surface area contributed by atoms with Crippen LogP contribution in [-0.4, -0.2) is 40.6 Å². The highest BCUT2D eigenvalue weighted by Gasteiger charge is 2.17. The van der Waals surface area contributed by atoms with Gasteiger partial charge in [0.2, 0.25) is 0 Å². The summed E-state index contributed by atoms with van der Waals surface area (Å²) in [6.45, 7) is 0.343. The summed E-state index contributed by atoms with van der Waals surface area (Å²) in [7, 11) is -3.39. The SMILES string of the molecule is O=C(NCc1cccc(-n2cccn2)c1)c1cccnc1SCCS(=O)(=O)c1ccccc1. The van der Waals surface area contributed by atoms with E-state index in [2.05, 4.69) is 15.4 Å². The summed E-state index contributed by atoms with van der Waals surface area (Å²) in [6, 6.07) is 21.3. The summed E-state index contributed by atoms with van der Waals surface area (Å²) in [5.74, 6) is -0.0130. The molecular formula is C24H22N4O3S2. The van der Waals surface area contributed by atoms with Gasteiger partial charge in [-0.1, -0.05) is 30.3 Å². The first-order valence-electron chi connectivity index (χ1n) is 10.3. The fraction of sp³-hybridized carbons (Fsp3) is 0.125. The second kappa shape index (κ2) is 10.5. The van der Waals surface area contributed by atoms with Crippen molar-refractivity contribution in [2.45, 2.75) is 16.5 Å². The standard InChI is InChI=1S/C24H22N4O3S2/c29-23(26-18-19-7-4-8-20(17-19)28-14-6-13-27-28)22-11-5-12-25-24(22)32-15-16-33(30,31)21-9-2-1-3-10-21/h1-14,17H,15-16,18H2,(H,26,29). The van der Waals surface area contributed by atoms with Crippen LogP contribution in [0.4, 0.5) is 0 Å². The molecule has 0 saturated carbocycles. The Bertz CT molecular complexity index is 1320. The molecule has 4 rings (SSSR count). The van der Waals surface area contributed by atoms with Gasteiger partial charge in [-0.2, -0.15) is 5.10 Å². The molecule has 0 saturated heterocycles. The summed E-state index contributed by atoms with van der Waals surface area (Å²) in [5.41, 5.74) is 2.26. The monoisotopic (exact) mass is 478 g/mol. The summed E-state index contributed by atoms with van der Waals surface area (Å²) < 4.78 is 26.7. The zero-order chi connectivity index (χ0) is 23.1. The predicted molar refractivity (Wildman–Crippen MR) is 128 cm³/mol. The van der Waals surface area contributed by atoms with Gasteiger partial charge < -0.3 is 5.32 Å². The highest BCUT2D eigenvalue weighted by Crippen LogP contribution is 2.22. The molecule has 0 fully saturated rings. The van der Waals surface area contributed by atoms with Crippen LogP contribution in [0.15, 0.2) is 101 Å². The molecule has 0 aliphatic rings. The van der Waals surface area contributed by atoms with Crippen molar-refractivity contribution < 1.29 is 13.2 Å². The minimum Gasteiger partial charge on any atom is -0.348 e. The van der Waals surface area contributed by atoms with E-state index in [9.17, 15) is 13.2 Å². The van der Waals surface area contributed by atoms with Gasteiger partial charge in [0.1, 0.15) is 5.03 Å². The number of rotatable bonds is 9. The van der Waals surface area contributed by atoms with E-state index in [1.165, 1.54) is 11.8 Å². The van der Waals surface area contributed by atoms with Crippen LogP contribution in [0.25, 0.3) is 5.69 Å². The number of benzene rings is 2. The molecule has 2 aromatic carbocycles. The van der Waals surface area contributed by atoms with Crippen molar-refractivity contribution >= 4 is 27.5 Å². The minimum absolute atomic E-state index is 0.0421. The van der Waals surface area contributed by atoms with Gasteiger partial charge in [-0.15, -0.1) is 11.8 Å². The van der Waals surface area contributed by atoms with E-state index in [4.69, 9.17) is 0 Å². The molecule has 0 aliphatic heterocycles. The lowest BCUT2D eigenvalue weighted by Crippen LogP contribution is -2.24. The van der Waals surface area contributed by atoms with E-state index in [0.717, 1.165) is 11.3 Å². The van der Waals surface area contributed by atoms with Crippen molar-refractivity contribution in [1.82, 2.24) is 20.1 Å². The van der Waals surface area contributed by atoms with Gasteiger partial charge in [0.25, 0.3) is 5.91 Å². The summed E-state index contributed by atoms with van der Waals surface area (Å²) >= 11 is 1.26. The molecule has 1 amide bonds. The number of hydrogen-bond donors (Lipinski definition) is 1. The van der Waals surface area contributed by atoms with Gasteiger partial charge in [-0.25, -0.2) is 18.1 Å². The van der Waals surface area contributed by atoms with Crippen molar-refractivity contribution in [1.29, 1.82) is 0 Å². The number of carbonyl (C=O) groups is 1. The quantitative estimate of drug-likeness (QED) is 0.368. The van der Waals surface area contributed by atoms with Crippen molar-refractivity contribution in [3.05, 3.63) is 103 Å². The highest BCUT2D eigenvalue weighted by atomic mass is 32.2. The Labute approximate surface area is 196 Å². The molecule has 0 bridgehead atoms. The number of hydrogen-bond acceptors (Lipinski definition) is 6. The normalized spacial score (nSPS) is 11.3. The molecule has 0 spiro atoms. The zero-order valence-electron chi connectivity index (χ0n) is 17.7. The summed E-state index contributed by atoms with van der Waals surface area (Å²) in [6.07, 6.45) is 5.16. The minimum atomic E-state index is -3.39. The van der Waals surface area contributed by atoms with Crippen LogP contribution in [-0.2, 0) is 16.4 Å². The Morgan fingerprint density at radius 3 is 2.61 bits per heavy atom.